The maximum Gasteiger partial charge on any atom is 0.251 e. The fraction of sp³-hybridized carbons (Fsp3) is 0.286. The van der Waals surface area contributed by atoms with E-state index in [0.29, 0.717) is 17.8 Å². The molecule has 1 aliphatic heterocycles. The van der Waals surface area contributed by atoms with Gasteiger partial charge in [0, 0.05) is 37.0 Å². The molecule has 0 radical (unpaired) electrons. The van der Waals surface area contributed by atoms with E-state index in [4.69, 9.17) is 0 Å². The molecule has 0 saturated carbocycles. The Labute approximate surface area is 158 Å². The van der Waals surface area contributed by atoms with Crippen LogP contribution < -0.4 is 15.5 Å². The molecule has 1 fully saturated rings. The number of amides is 3. The normalized spacial score (nSPS) is 16.3. The van der Waals surface area contributed by atoms with Crippen LogP contribution in [0.15, 0.2) is 42.5 Å². The van der Waals surface area contributed by atoms with Gasteiger partial charge in [-0.1, -0.05) is 17.7 Å². The molecule has 1 saturated heterocycles. The summed E-state index contributed by atoms with van der Waals surface area (Å²) in [5.74, 6) is -0.817. The van der Waals surface area contributed by atoms with Crippen LogP contribution in [-0.2, 0) is 9.59 Å². The van der Waals surface area contributed by atoms with Crippen LogP contribution in [-0.4, -0.2) is 31.3 Å². The van der Waals surface area contributed by atoms with Crippen molar-refractivity contribution in [1.82, 2.24) is 5.32 Å². The van der Waals surface area contributed by atoms with Crippen LogP contribution in [0.1, 0.15) is 27.9 Å². The number of carbonyl (C=O) groups is 3. The molecule has 0 bridgehead atoms. The Balaban J connectivity index is 1.69. The summed E-state index contributed by atoms with van der Waals surface area (Å²) in [6, 6.07) is 12.8. The minimum Gasteiger partial charge on any atom is -0.355 e. The maximum atomic E-state index is 12.6. The summed E-state index contributed by atoms with van der Waals surface area (Å²) in [6.07, 6.45) is 0.190. The predicted molar refractivity (Wildman–Crippen MR) is 105 cm³/mol. The minimum atomic E-state index is -0.406. The van der Waals surface area contributed by atoms with E-state index >= 15 is 0 Å². The molecule has 1 heterocycles. The second-order valence-electron chi connectivity index (χ2n) is 6.84. The summed E-state index contributed by atoms with van der Waals surface area (Å²) in [5.41, 5.74) is 3.91. The summed E-state index contributed by atoms with van der Waals surface area (Å²) in [7, 11) is 1.57. The average Bonchev–Trinajstić information content (AvgIpc) is 3.05. The van der Waals surface area contributed by atoms with E-state index in [1.54, 1.807) is 30.1 Å². The Morgan fingerprint density at radius 1 is 1.07 bits per heavy atom. The Morgan fingerprint density at radius 2 is 1.78 bits per heavy atom. The number of carbonyl (C=O) groups excluding carboxylic acids is 3. The molecule has 1 aliphatic rings. The molecule has 2 N–H and O–H groups in total. The van der Waals surface area contributed by atoms with E-state index in [1.807, 2.05) is 38.1 Å². The molecule has 1 atom stereocenters. The SMILES string of the molecule is CNC(=O)c1ccc(NC(=O)C2CC(=O)N(c3ccc(C)cc3)C2)c(C)c1. The van der Waals surface area contributed by atoms with Crippen molar-refractivity contribution >= 4 is 29.1 Å². The highest BCUT2D eigenvalue weighted by atomic mass is 16.2. The lowest BCUT2D eigenvalue weighted by Gasteiger charge is -2.17. The summed E-state index contributed by atoms with van der Waals surface area (Å²) in [4.78, 5) is 38.4. The zero-order chi connectivity index (χ0) is 19.6. The highest BCUT2D eigenvalue weighted by molar-refractivity contribution is 6.04. The third-order valence-electron chi connectivity index (χ3n) is 4.81. The first-order valence-corrected chi connectivity index (χ1v) is 8.89. The van der Waals surface area contributed by atoms with E-state index in [-0.39, 0.29) is 24.1 Å². The second-order valence-corrected chi connectivity index (χ2v) is 6.84. The van der Waals surface area contributed by atoms with Gasteiger partial charge >= 0.3 is 0 Å². The topological polar surface area (TPSA) is 78.5 Å². The molecular weight excluding hydrogens is 342 g/mol. The van der Waals surface area contributed by atoms with Gasteiger partial charge in [-0.2, -0.15) is 0 Å². The van der Waals surface area contributed by atoms with E-state index < -0.39 is 5.92 Å². The van der Waals surface area contributed by atoms with Crippen LogP contribution in [0.2, 0.25) is 0 Å². The summed E-state index contributed by atoms with van der Waals surface area (Å²) >= 11 is 0. The molecule has 3 amide bonds. The fourth-order valence-corrected chi connectivity index (χ4v) is 3.18. The third kappa shape index (κ3) is 4.00. The van der Waals surface area contributed by atoms with Gasteiger partial charge in [-0.3, -0.25) is 14.4 Å². The van der Waals surface area contributed by atoms with Crippen LogP contribution in [0.5, 0.6) is 0 Å². The average molecular weight is 365 g/mol. The smallest absolute Gasteiger partial charge is 0.251 e. The van der Waals surface area contributed by atoms with Gasteiger partial charge in [0.25, 0.3) is 5.91 Å². The van der Waals surface area contributed by atoms with Gasteiger partial charge in [0.05, 0.1) is 5.92 Å². The largest absolute Gasteiger partial charge is 0.355 e. The lowest BCUT2D eigenvalue weighted by molar-refractivity contribution is -0.122. The van der Waals surface area contributed by atoms with Gasteiger partial charge in [-0.15, -0.1) is 0 Å². The number of hydrogen-bond acceptors (Lipinski definition) is 3. The zero-order valence-electron chi connectivity index (χ0n) is 15.7. The Morgan fingerprint density at radius 3 is 2.41 bits per heavy atom. The molecule has 1 unspecified atom stereocenters. The minimum absolute atomic E-state index is 0.0503. The summed E-state index contributed by atoms with van der Waals surface area (Å²) in [6.45, 7) is 4.19. The second kappa shape index (κ2) is 7.61. The van der Waals surface area contributed by atoms with Crippen molar-refractivity contribution in [1.29, 1.82) is 0 Å². The van der Waals surface area contributed by atoms with Crippen LogP contribution in [0.4, 0.5) is 11.4 Å². The van der Waals surface area contributed by atoms with Gasteiger partial charge in [-0.25, -0.2) is 0 Å². The maximum absolute atomic E-state index is 12.6. The first-order chi connectivity index (χ1) is 12.9. The van der Waals surface area contributed by atoms with Crippen molar-refractivity contribution in [2.75, 3.05) is 23.8 Å². The van der Waals surface area contributed by atoms with Crippen molar-refractivity contribution in [3.8, 4) is 0 Å². The van der Waals surface area contributed by atoms with Crippen LogP contribution in [0.3, 0.4) is 0 Å². The molecular formula is C21H23N3O3. The zero-order valence-corrected chi connectivity index (χ0v) is 15.7. The Hall–Kier alpha value is -3.15. The number of rotatable bonds is 4. The summed E-state index contributed by atoms with van der Waals surface area (Å²) < 4.78 is 0. The van der Waals surface area contributed by atoms with Crippen molar-refractivity contribution < 1.29 is 14.4 Å². The van der Waals surface area contributed by atoms with E-state index in [9.17, 15) is 14.4 Å². The summed E-state index contributed by atoms with van der Waals surface area (Å²) in [5, 5.41) is 5.46. The molecule has 6 nitrogen and oxygen atoms in total. The molecule has 0 aromatic heterocycles. The van der Waals surface area contributed by atoms with Gasteiger partial charge < -0.3 is 15.5 Å². The molecule has 6 heteroatoms. The molecule has 140 valence electrons. The molecule has 0 spiro atoms. The molecule has 27 heavy (non-hydrogen) atoms. The molecule has 2 aromatic rings. The number of hydrogen-bond donors (Lipinski definition) is 2. The van der Waals surface area contributed by atoms with Crippen molar-refractivity contribution in [3.63, 3.8) is 0 Å². The lowest BCUT2D eigenvalue weighted by atomic mass is 10.1. The van der Waals surface area contributed by atoms with Crippen molar-refractivity contribution in [3.05, 3.63) is 59.2 Å². The van der Waals surface area contributed by atoms with E-state index in [2.05, 4.69) is 10.6 Å². The number of nitrogens with one attached hydrogen (secondary N) is 2. The number of benzene rings is 2. The van der Waals surface area contributed by atoms with Gasteiger partial charge in [0.2, 0.25) is 11.8 Å². The quantitative estimate of drug-likeness (QED) is 0.874. The fourth-order valence-electron chi connectivity index (χ4n) is 3.18. The van der Waals surface area contributed by atoms with E-state index in [0.717, 1.165) is 16.8 Å². The van der Waals surface area contributed by atoms with Gasteiger partial charge in [0.1, 0.15) is 0 Å². The molecule has 2 aromatic carbocycles. The lowest BCUT2D eigenvalue weighted by Crippen LogP contribution is -2.28. The van der Waals surface area contributed by atoms with E-state index in [1.165, 1.54) is 0 Å². The van der Waals surface area contributed by atoms with Crippen LogP contribution in [0, 0.1) is 19.8 Å². The Kier molecular flexibility index (Phi) is 5.26. The van der Waals surface area contributed by atoms with Crippen molar-refractivity contribution in [2.24, 2.45) is 5.92 Å². The Bertz CT molecular complexity index is 890. The third-order valence-corrected chi connectivity index (χ3v) is 4.81. The first-order valence-electron chi connectivity index (χ1n) is 8.89. The molecule has 3 rings (SSSR count). The predicted octanol–water partition coefficient (Wildman–Crippen LogP) is 2.65. The van der Waals surface area contributed by atoms with Crippen LogP contribution >= 0.6 is 0 Å². The van der Waals surface area contributed by atoms with Gasteiger partial charge in [0.15, 0.2) is 0 Å². The first kappa shape index (κ1) is 18.6. The highest BCUT2D eigenvalue weighted by Crippen LogP contribution is 2.27. The van der Waals surface area contributed by atoms with Crippen molar-refractivity contribution in [2.45, 2.75) is 20.3 Å². The highest BCUT2D eigenvalue weighted by Gasteiger charge is 2.35. The number of aryl methyl sites for hydroxylation is 2. The number of nitrogens with zero attached hydrogens (tertiary/aromatic N) is 1. The molecule has 0 aliphatic carbocycles. The van der Waals surface area contributed by atoms with Crippen LogP contribution in [0.25, 0.3) is 0 Å². The monoisotopic (exact) mass is 365 g/mol. The van der Waals surface area contributed by atoms with Gasteiger partial charge in [-0.05, 0) is 49.7 Å². The number of anilines is 2. The standard InChI is InChI=1S/C21H23N3O3/c1-13-4-7-17(8-5-13)24-12-16(11-19(24)25)21(27)23-18-9-6-15(10-14(18)2)20(26)22-3/h4-10,16H,11-12H2,1-3H3,(H,22,26)(H,23,27).